The Morgan fingerprint density at radius 2 is 2.00 bits per heavy atom. The minimum atomic E-state index is -0.319. The molecule has 7 nitrogen and oxygen atoms in total. The molecule has 0 aromatic carbocycles. The van der Waals surface area contributed by atoms with Gasteiger partial charge in [-0.25, -0.2) is 0 Å². The second kappa shape index (κ2) is 6.86. The van der Waals surface area contributed by atoms with Crippen molar-refractivity contribution in [1.82, 2.24) is 15.2 Å². The summed E-state index contributed by atoms with van der Waals surface area (Å²) in [7, 11) is 1.33. The molecule has 0 aliphatic rings. The molecule has 1 unspecified atom stereocenters. The van der Waals surface area contributed by atoms with Crippen LogP contribution in [0.5, 0.6) is 0 Å². The lowest BCUT2D eigenvalue weighted by Gasteiger charge is -2.08. The van der Waals surface area contributed by atoms with Crippen molar-refractivity contribution in [3.63, 3.8) is 0 Å². The summed E-state index contributed by atoms with van der Waals surface area (Å²) in [6.07, 6.45) is 0.440. The van der Waals surface area contributed by atoms with E-state index in [2.05, 4.69) is 25.2 Å². The smallest absolute Gasteiger partial charge is 0.305 e. The van der Waals surface area contributed by atoms with Crippen molar-refractivity contribution in [2.75, 3.05) is 12.4 Å². The predicted octanol–water partition coefficient (Wildman–Crippen LogP) is 1.46. The highest BCUT2D eigenvalue weighted by atomic mass is 16.5. The van der Waals surface area contributed by atoms with Gasteiger partial charge in [0.25, 0.3) is 0 Å². The number of anilines is 1. The number of nitrogens with one attached hydrogen (secondary N) is 2. The van der Waals surface area contributed by atoms with Gasteiger partial charge in [-0.2, -0.15) is 4.98 Å². The van der Waals surface area contributed by atoms with Crippen LogP contribution in [0.4, 0.5) is 5.95 Å². The summed E-state index contributed by atoms with van der Waals surface area (Å²) in [6, 6.07) is 0. The van der Waals surface area contributed by atoms with Crippen LogP contribution < -0.4 is 5.32 Å². The van der Waals surface area contributed by atoms with E-state index in [0.717, 1.165) is 5.82 Å². The normalized spacial score (nSPS) is 12.3. The second-order valence-corrected chi connectivity index (χ2v) is 4.84. The maximum Gasteiger partial charge on any atom is 0.305 e. The van der Waals surface area contributed by atoms with Gasteiger partial charge in [0, 0.05) is 18.8 Å². The third-order valence-electron chi connectivity index (χ3n) is 2.58. The number of H-pyrrole nitrogens is 1. The summed E-state index contributed by atoms with van der Waals surface area (Å²) in [6.45, 7) is 5.77. The minimum Gasteiger partial charge on any atom is -0.469 e. The van der Waals surface area contributed by atoms with Gasteiger partial charge in [0.15, 0.2) is 0 Å². The van der Waals surface area contributed by atoms with Crippen LogP contribution in [-0.4, -0.2) is 34.2 Å². The number of aromatic amines is 1. The highest BCUT2D eigenvalue weighted by Crippen LogP contribution is 2.12. The molecular weight excluding hydrogens is 248 g/mol. The Morgan fingerprint density at radius 3 is 2.53 bits per heavy atom. The molecule has 2 N–H and O–H groups in total. The van der Waals surface area contributed by atoms with Crippen LogP contribution >= 0.6 is 0 Å². The molecule has 1 rings (SSSR count). The first-order valence-electron chi connectivity index (χ1n) is 6.21. The predicted molar refractivity (Wildman–Crippen MR) is 69.5 cm³/mol. The molecular formula is C12H20N4O3. The molecule has 0 spiro atoms. The average molecular weight is 268 g/mol. The van der Waals surface area contributed by atoms with E-state index in [1.807, 2.05) is 20.8 Å². The lowest BCUT2D eigenvalue weighted by atomic mass is 10.0. The first-order valence-corrected chi connectivity index (χ1v) is 6.21. The molecule has 0 fully saturated rings. The van der Waals surface area contributed by atoms with Crippen molar-refractivity contribution in [3.8, 4) is 0 Å². The van der Waals surface area contributed by atoms with E-state index in [4.69, 9.17) is 0 Å². The van der Waals surface area contributed by atoms with Crippen molar-refractivity contribution < 1.29 is 14.3 Å². The van der Waals surface area contributed by atoms with E-state index in [9.17, 15) is 9.59 Å². The Morgan fingerprint density at radius 1 is 1.32 bits per heavy atom. The molecule has 1 aromatic heterocycles. The Bertz CT molecular complexity index is 442. The van der Waals surface area contributed by atoms with Gasteiger partial charge in [0.1, 0.15) is 5.82 Å². The lowest BCUT2D eigenvalue weighted by molar-refractivity contribution is -0.141. The average Bonchev–Trinajstić information content (AvgIpc) is 2.76. The largest absolute Gasteiger partial charge is 0.469 e. The van der Waals surface area contributed by atoms with Gasteiger partial charge < -0.3 is 4.74 Å². The zero-order valence-electron chi connectivity index (χ0n) is 11.7. The summed E-state index contributed by atoms with van der Waals surface area (Å²) < 4.78 is 4.55. The third kappa shape index (κ3) is 5.07. The van der Waals surface area contributed by atoms with Gasteiger partial charge in [0.2, 0.25) is 11.9 Å². The Balaban J connectivity index is 2.44. The van der Waals surface area contributed by atoms with Crippen LogP contribution in [0.15, 0.2) is 0 Å². The molecule has 1 aromatic rings. The maximum atomic E-state index is 11.7. The molecule has 0 saturated carbocycles. The zero-order chi connectivity index (χ0) is 14.4. The second-order valence-electron chi connectivity index (χ2n) is 4.84. The number of esters is 1. The van der Waals surface area contributed by atoms with Crippen LogP contribution in [0.1, 0.15) is 45.4 Å². The van der Waals surface area contributed by atoms with Crippen molar-refractivity contribution in [2.45, 2.75) is 39.5 Å². The monoisotopic (exact) mass is 268 g/mol. The van der Waals surface area contributed by atoms with Gasteiger partial charge >= 0.3 is 5.97 Å². The van der Waals surface area contributed by atoms with Crippen molar-refractivity contribution >= 4 is 17.8 Å². The van der Waals surface area contributed by atoms with Crippen LogP contribution in [-0.2, 0) is 14.3 Å². The minimum absolute atomic E-state index is 0.0871. The first-order chi connectivity index (χ1) is 8.92. The Labute approximate surface area is 112 Å². The number of hydrogen-bond acceptors (Lipinski definition) is 5. The molecule has 106 valence electrons. The molecule has 1 heterocycles. The summed E-state index contributed by atoms with van der Waals surface area (Å²) in [5, 5.41) is 9.25. The van der Waals surface area contributed by atoms with Crippen molar-refractivity contribution in [1.29, 1.82) is 0 Å². The van der Waals surface area contributed by atoms with E-state index in [-0.39, 0.29) is 42.5 Å². The number of methoxy groups -OCH3 is 1. The molecule has 0 aliphatic carbocycles. The van der Waals surface area contributed by atoms with E-state index in [1.54, 1.807) is 0 Å². The molecule has 1 atom stereocenters. The zero-order valence-corrected chi connectivity index (χ0v) is 11.7. The van der Waals surface area contributed by atoms with Crippen LogP contribution in [0.25, 0.3) is 0 Å². The molecule has 1 amide bonds. The fourth-order valence-electron chi connectivity index (χ4n) is 1.52. The maximum absolute atomic E-state index is 11.7. The molecule has 19 heavy (non-hydrogen) atoms. The van der Waals surface area contributed by atoms with Gasteiger partial charge in [-0.3, -0.25) is 20.0 Å². The highest BCUT2D eigenvalue weighted by molar-refractivity contribution is 5.89. The SMILES string of the molecule is COC(=O)CC(C)CC(=O)Nc1n[nH]c(C(C)C)n1. The summed E-state index contributed by atoms with van der Waals surface area (Å²) in [5.74, 6) is 0.579. The fourth-order valence-corrected chi connectivity index (χ4v) is 1.52. The summed E-state index contributed by atoms with van der Waals surface area (Å²) >= 11 is 0. The number of hydrogen-bond donors (Lipinski definition) is 2. The quantitative estimate of drug-likeness (QED) is 0.761. The number of ether oxygens (including phenoxy) is 1. The molecule has 0 radical (unpaired) electrons. The van der Waals surface area contributed by atoms with E-state index < -0.39 is 0 Å². The molecule has 0 aliphatic heterocycles. The van der Waals surface area contributed by atoms with Gasteiger partial charge in [-0.15, -0.1) is 5.10 Å². The first kappa shape index (κ1) is 15.1. The highest BCUT2D eigenvalue weighted by Gasteiger charge is 2.15. The van der Waals surface area contributed by atoms with Gasteiger partial charge in [0.05, 0.1) is 7.11 Å². The van der Waals surface area contributed by atoms with Crippen molar-refractivity contribution in [2.24, 2.45) is 5.92 Å². The number of carbonyl (C=O) groups is 2. The van der Waals surface area contributed by atoms with E-state index in [0.29, 0.717) is 0 Å². The molecule has 0 saturated heterocycles. The summed E-state index contributed by atoms with van der Waals surface area (Å²) in [4.78, 5) is 26.9. The standard InChI is InChI=1S/C12H20N4O3/c1-7(2)11-14-12(16-15-11)13-9(17)5-8(3)6-10(18)19-4/h7-8H,5-6H2,1-4H3,(H2,13,14,15,16,17). The van der Waals surface area contributed by atoms with Gasteiger partial charge in [-0.1, -0.05) is 20.8 Å². The summed E-state index contributed by atoms with van der Waals surface area (Å²) in [5.41, 5.74) is 0. The molecule has 7 heteroatoms. The Hall–Kier alpha value is -1.92. The topological polar surface area (TPSA) is 97.0 Å². The van der Waals surface area contributed by atoms with Crippen LogP contribution in [0, 0.1) is 5.92 Å². The number of carbonyl (C=O) groups excluding carboxylic acids is 2. The number of aromatic nitrogens is 3. The number of amides is 1. The Kier molecular flexibility index (Phi) is 5.47. The van der Waals surface area contributed by atoms with Crippen LogP contribution in [0.3, 0.4) is 0 Å². The molecule has 0 bridgehead atoms. The number of rotatable bonds is 6. The van der Waals surface area contributed by atoms with E-state index in [1.165, 1.54) is 7.11 Å². The number of nitrogens with zero attached hydrogens (tertiary/aromatic N) is 2. The third-order valence-corrected chi connectivity index (χ3v) is 2.58. The fraction of sp³-hybridized carbons (Fsp3) is 0.667. The van der Waals surface area contributed by atoms with Gasteiger partial charge in [-0.05, 0) is 5.92 Å². The van der Waals surface area contributed by atoms with Crippen LogP contribution in [0.2, 0.25) is 0 Å². The van der Waals surface area contributed by atoms with E-state index >= 15 is 0 Å². The lowest BCUT2D eigenvalue weighted by Crippen LogP contribution is -2.18. The van der Waals surface area contributed by atoms with Crippen molar-refractivity contribution in [3.05, 3.63) is 5.82 Å².